The van der Waals surface area contributed by atoms with Crippen LogP contribution in [0.1, 0.15) is 24.2 Å². The largest absolute Gasteiger partial charge is 0.492 e. The van der Waals surface area contributed by atoms with Gasteiger partial charge in [-0.3, -0.25) is 4.79 Å². The summed E-state index contributed by atoms with van der Waals surface area (Å²) in [5, 5.41) is 0. The van der Waals surface area contributed by atoms with Crippen LogP contribution in [0, 0.1) is 0 Å². The van der Waals surface area contributed by atoms with Crippen molar-refractivity contribution in [3.8, 4) is 28.7 Å². The molecule has 1 aliphatic rings. The molecule has 0 saturated heterocycles. The Labute approximate surface area is 117 Å². The summed E-state index contributed by atoms with van der Waals surface area (Å²) >= 11 is 0. The molecule has 0 aliphatic carbocycles. The Bertz CT molecular complexity index is 562. The minimum absolute atomic E-state index is 0.191. The van der Waals surface area contributed by atoms with Gasteiger partial charge in [0.05, 0.1) is 28.4 Å². The predicted molar refractivity (Wildman–Crippen MR) is 71.7 cm³/mol. The number of benzene rings is 1. The first-order chi connectivity index (χ1) is 9.42. The fraction of sp³-hybridized carbons (Fsp3) is 0.500. The van der Waals surface area contributed by atoms with Gasteiger partial charge in [0.15, 0.2) is 17.1 Å². The van der Waals surface area contributed by atoms with E-state index in [-0.39, 0.29) is 11.5 Å². The first-order valence-corrected chi connectivity index (χ1v) is 6.06. The third kappa shape index (κ3) is 1.75. The van der Waals surface area contributed by atoms with Crippen molar-refractivity contribution >= 4 is 5.78 Å². The second-order valence-corrected chi connectivity index (χ2v) is 4.78. The molecule has 0 unspecified atom stereocenters. The predicted octanol–water partition coefficient (Wildman–Crippen LogP) is 2.07. The van der Waals surface area contributed by atoms with Gasteiger partial charge in [-0.1, -0.05) is 0 Å². The summed E-state index contributed by atoms with van der Waals surface area (Å²) in [5.41, 5.74) is -0.674. The van der Waals surface area contributed by atoms with E-state index in [1.54, 1.807) is 13.8 Å². The molecule has 0 bridgehead atoms. The molecule has 1 aromatic rings. The van der Waals surface area contributed by atoms with Crippen molar-refractivity contribution in [3.63, 3.8) is 0 Å². The van der Waals surface area contributed by atoms with Crippen molar-refractivity contribution in [1.82, 2.24) is 0 Å². The minimum atomic E-state index is -0.986. The van der Waals surface area contributed by atoms with E-state index in [0.29, 0.717) is 28.6 Å². The normalized spacial score (nSPS) is 15.4. The Morgan fingerprint density at radius 3 is 1.70 bits per heavy atom. The van der Waals surface area contributed by atoms with Crippen molar-refractivity contribution in [2.75, 3.05) is 28.4 Å². The summed E-state index contributed by atoms with van der Waals surface area (Å²) < 4.78 is 27.0. The Balaban J connectivity index is 2.86. The number of hydrogen-bond acceptors (Lipinski definition) is 6. The van der Waals surface area contributed by atoms with Crippen LogP contribution in [0.4, 0.5) is 0 Å². The van der Waals surface area contributed by atoms with E-state index in [1.807, 2.05) is 0 Å². The highest BCUT2D eigenvalue weighted by Gasteiger charge is 2.46. The van der Waals surface area contributed by atoms with Crippen molar-refractivity contribution in [2.24, 2.45) is 0 Å². The Morgan fingerprint density at radius 1 is 0.800 bits per heavy atom. The van der Waals surface area contributed by atoms with Gasteiger partial charge in [0.1, 0.15) is 5.56 Å². The number of hydrogen-bond donors (Lipinski definition) is 0. The van der Waals surface area contributed by atoms with Crippen LogP contribution in [0.2, 0.25) is 0 Å². The van der Waals surface area contributed by atoms with Gasteiger partial charge in [-0.2, -0.15) is 0 Å². The molecule has 110 valence electrons. The number of carbonyl (C=O) groups excluding carboxylic acids is 1. The molecule has 20 heavy (non-hydrogen) atoms. The summed E-state index contributed by atoms with van der Waals surface area (Å²) in [7, 11) is 5.89. The van der Waals surface area contributed by atoms with Crippen LogP contribution in [0.25, 0.3) is 0 Å². The molecule has 0 radical (unpaired) electrons. The van der Waals surface area contributed by atoms with E-state index in [9.17, 15) is 4.79 Å². The number of fused-ring (bicyclic) bond motifs is 1. The minimum Gasteiger partial charge on any atom is -0.492 e. The van der Waals surface area contributed by atoms with E-state index in [4.69, 9.17) is 23.7 Å². The molecular formula is C14H18O6. The van der Waals surface area contributed by atoms with Crippen molar-refractivity contribution in [2.45, 2.75) is 19.4 Å². The van der Waals surface area contributed by atoms with Crippen LogP contribution < -0.4 is 23.7 Å². The highest BCUT2D eigenvalue weighted by atomic mass is 16.6. The SMILES string of the molecule is COc1c(OC)c(OC)c2c(c1OC)OC(C)(C)C2=O. The molecular weight excluding hydrogens is 264 g/mol. The molecule has 0 fully saturated rings. The smallest absolute Gasteiger partial charge is 0.213 e. The van der Waals surface area contributed by atoms with Gasteiger partial charge >= 0.3 is 0 Å². The zero-order valence-corrected chi connectivity index (χ0v) is 12.4. The summed E-state index contributed by atoms with van der Waals surface area (Å²) in [5.74, 6) is 1.37. The first kappa shape index (κ1) is 14.3. The molecule has 2 rings (SSSR count). The molecule has 6 heteroatoms. The maximum absolute atomic E-state index is 12.5. The van der Waals surface area contributed by atoms with E-state index in [2.05, 4.69) is 0 Å². The number of rotatable bonds is 4. The molecule has 0 saturated carbocycles. The lowest BCUT2D eigenvalue weighted by molar-refractivity contribution is 0.0677. The molecule has 1 aromatic carbocycles. The molecule has 1 heterocycles. The third-order valence-electron chi connectivity index (χ3n) is 3.23. The van der Waals surface area contributed by atoms with Gasteiger partial charge in [-0.05, 0) is 13.8 Å². The monoisotopic (exact) mass is 282 g/mol. The van der Waals surface area contributed by atoms with Gasteiger partial charge in [-0.15, -0.1) is 0 Å². The summed E-state index contributed by atoms with van der Waals surface area (Å²) in [4.78, 5) is 12.5. The zero-order chi connectivity index (χ0) is 15.1. The molecule has 1 aliphatic heterocycles. The molecule has 0 spiro atoms. The summed E-state index contributed by atoms with van der Waals surface area (Å²) in [6.45, 7) is 3.38. The quantitative estimate of drug-likeness (QED) is 0.842. The highest BCUT2D eigenvalue weighted by Crippen LogP contribution is 2.57. The maximum Gasteiger partial charge on any atom is 0.213 e. The Morgan fingerprint density at radius 2 is 1.25 bits per heavy atom. The lowest BCUT2D eigenvalue weighted by Crippen LogP contribution is -2.32. The standard InChI is InChI=1S/C14H18O6/c1-14(2)13(15)7-8(16-3)10(17-4)12(19-6)11(18-5)9(7)20-14/h1-6H3. The second kappa shape index (κ2) is 4.77. The van der Waals surface area contributed by atoms with Gasteiger partial charge in [-0.25, -0.2) is 0 Å². The molecule has 6 nitrogen and oxygen atoms in total. The number of methoxy groups -OCH3 is 4. The fourth-order valence-electron chi connectivity index (χ4n) is 2.30. The Kier molecular flexibility index (Phi) is 3.41. The van der Waals surface area contributed by atoms with Crippen LogP contribution in [0.3, 0.4) is 0 Å². The fourth-order valence-corrected chi connectivity index (χ4v) is 2.30. The average molecular weight is 282 g/mol. The van der Waals surface area contributed by atoms with E-state index in [1.165, 1.54) is 28.4 Å². The maximum atomic E-state index is 12.5. The van der Waals surface area contributed by atoms with Crippen molar-refractivity contribution < 1.29 is 28.5 Å². The van der Waals surface area contributed by atoms with E-state index in [0.717, 1.165) is 0 Å². The van der Waals surface area contributed by atoms with E-state index < -0.39 is 5.60 Å². The van der Waals surface area contributed by atoms with Crippen molar-refractivity contribution in [1.29, 1.82) is 0 Å². The Hall–Kier alpha value is -2.11. The number of ketones is 1. The lowest BCUT2D eigenvalue weighted by Gasteiger charge is -2.18. The molecule has 0 aromatic heterocycles. The topological polar surface area (TPSA) is 63.2 Å². The number of Topliss-reactive ketones (excluding diaryl/α,β-unsaturated/α-hetero) is 1. The number of ether oxygens (including phenoxy) is 5. The highest BCUT2D eigenvalue weighted by molar-refractivity contribution is 6.11. The van der Waals surface area contributed by atoms with Gasteiger partial charge in [0.2, 0.25) is 23.0 Å². The first-order valence-electron chi connectivity index (χ1n) is 6.06. The second-order valence-electron chi connectivity index (χ2n) is 4.78. The van der Waals surface area contributed by atoms with Crippen LogP contribution in [-0.4, -0.2) is 39.8 Å². The summed E-state index contributed by atoms with van der Waals surface area (Å²) in [6.07, 6.45) is 0. The van der Waals surface area contributed by atoms with Gasteiger partial charge in [0.25, 0.3) is 0 Å². The molecule has 0 amide bonds. The van der Waals surface area contributed by atoms with Gasteiger partial charge < -0.3 is 23.7 Å². The zero-order valence-electron chi connectivity index (χ0n) is 12.4. The third-order valence-corrected chi connectivity index (χ3v) is 3.23. The summed E-state index contributed by atoms with van der Waals surface area (Å²) in [6, 6.07) is 0. The van der Waals surface area contributed by atoms with Crippen molar-refractivity contribution in [3.05, 3.63) is 5.56 Å². The van der Waals surface area contributed by atoms with Crippen LogP contribution in [-0.2, 0) is 0 Å². The molecule has 0 N–H and O–H groups in total. The van der Waals surface area contributed by atoms with Gasteiger partial charge in [0, 0.05) is 0 Å². The van der Waals surface area contributed by atoms with Crippen LogP contribution >= 0.6 is 0 Å². The average Bonchev–Trinajstić information content (AvgIpc) is 2.66. The molecule has 0 atom stereocenters. The van der Waals surface area contributed by atoms with E-state index >= 15 is 0 Å². The number of carbonyl (C=O) groups is 1. The van der Waals surface area contributed by atoms with Crippen LogP contribution in [0.5, 0.6) is 28.7 Å². The lowest BCUT2D eigenvalue weighted by atomic mass is 9.98. The van der Waals surface area contributed by atoms with Crippen LogP contribution in [0.15, 0.2) is 0 Å².